The van der Waals surface area contributed by atoms with Gasteiger partial charge in [0.25, 0.3) is 0 Å². The highest BCUT2D eigenvalue weighted by molar-refractivity contribution is 5.71. The van der Waals surface area contributed by atoms with Gasteiger partial charge in [-0.25, -0.2) is 5.48 Å². The van der Waals surface area contributed by atoms with Gasteiger partial charge >= 0.3 is 0 Å². The summed E-state index contributed by atoms with van der Waals surface area (Å²) in [5.74, 6) is 0.753. The predicted molar refractivity (Wildman–Crippen MR) is 94.7 cm³/mol. The van der Waals surface area contributed by atoms with Gasteiger partial charge in [0, 0.05) is 13.5 Å². The molecule has 1 unspecified atom stereocenters. The smallest absolute Gasteiger partial charge is 0.240 e. The molecule has 0 aromatic heterocycles. The number of hydroxylamine groups is 1. The Hall–Kier alpha value is -1.59. The first kappa shape index (κ1) is 18.7. The van der Waals surface area contributed by atoms with Crippen LogP contribution in [0.2, 0.25) is 0 Å². The fourth-order valence-corrected chi connectivity index (χ4v) is 2.91. The third-order valence-electron chi connectivity index (χ3n) is 4.18. The Kier molecular flexibility index (Phi) is 8.05. The third-order valence-corrected chi connectivity index (χ3v) is 4.18. The van der Waals surface area contributed by atoms with Crippen LogP contribution in [0.4, 0.5) is 0 Å². The van der Waals surface area contributed by atoms with E-state index in [1.54, 1.807) is 0 Å². The molecule has 1 N–H and O–H groups in total. The molecule has 1 aliphatic heterocycles. The maximum atomic E-state index is 10.8. The molecule has 1 fully saturated rings. The van der Waals surface area contributed by atoms with Gasteiger partial charge in [-0.1, -0.05) is 18.6 Å². The number of nitrogens with one attached hydrogen (secondary N) is 1. The first-order valence-corrected chi connectivity index (χ1v) is 9.00. The normalized spacial score (nSPS) is 16.6. The van der Waals surface area contributed by atoms with Gasteiger partial charge in [0.05, 0.1) is 12.7 Å². The number of likely N-dealkylation sites (tertiary alicyclic amines) is 1. The number of benzene rings is 1. The molecule has 2 rings (SSSR count). The summed E-state index contributed by atoms with van der Waals surface area (Å²) in [6, 6.07) is 8.39. The molecule has 0 saturated carbocycles. The van der Waals surface area contributed by atoms with Crippen LogP contribution in [0.25, 0.3) is 0 Å². The second-order valence-electron chi connectivity index (χ2n) is 6.56. The van der Waals surface area contributed by atoms with Crippen molar-refractivity contribution in [2.24, 2.45) is 0 Å². The van der Waals surface area contributed by atoms with Crippen LogP contribution in [0.5, 0.6) is 5.75 Å². The standard InChI is InChI=1S/C19H30N2O3/c1-16(24-20-17(2)22)8-7-13-23-19-10-6-9-18(14-19)15-21-11-4-3-5-12-21/h6,9-10,14,16H,3-5,7-8,11-13,15H2,1-2H3,(H,20,22). The van der Waals surface area contributed by atoms with Gasteiger partial charge in [0.15, 0.2) is 0 Å². The lowest BCUT2D eigenvalue weighted by molar-refractivity contribution is -0.135. The molecular formula is C19H30N2O3. The first-order chi connectivity index (χ1) is 11.6. The summed E-state index contributed by atoms with van der Waals surface area (Å²) in [4.78, 5) is 18.5. The summed E-state index contributed by atoms with van der Waals surface area (Å²) in [5.41, 5.74) is 3.68. The summed E-state index contributed by atoms with van der Waals surface area (Å²) >= 11 is 0. The van der Waals surface area contributed by atoms with Crippen molar-refractivity contribution >= 4 is 5.91 Å². The van der Waals surface area contributed by atoms with E-state index >= 15 is 0 Å². The number of carbonyl (C=O) groups is 1. The van der Waals surface area contributed by atoms with Gasteiger partial charge in [-0.2, -0.15) is 0 Å². The molecule has 1 aliphatic rings. The average Bonchev–Trinajstić information content (AvgIpc) is 2.58. The number of nitrogens with zero attached hydrogens (tertiary/aromatic N) is 1. The fraction of sp³-hybridized carbons (Fsp3) is 0.632. The van der Waals surface area contributed by atoms with E-state index in [9.17, 15) is 4.79 Å². The van der Waals surface area contributed by atoms with Crippen LogP contribution < -0.4 is 10.2 Å². The zero-order valence-electron chi connectivity index (χ0n) is 14.9. The van der Waals surface area contributed by atoms with Gasteiger partial charge in [0.1, 0.15) is 5.75 Å². The molecule has 1 aromatic carbocycles. The molecule has 1 saturated heterocycles. The minimum Gasteiger partial charge on any atom is -0.494 e. The molecule has 0 bridgehead atoms. The predicted octanol–water partition coefficient (Wildman–Crippen LogP) is 3.29. The summed E-state index contributed by atoms with van der Waals surface area (Å²) in [6.45, 7) is 7.45. The molecule has 0 aliphatic carbocycles. The van der Waals surface area contributed by atoms with Crippen molar-refractivity contribution < 1.29 is 14.4 Å². The summed E-state index contributed by atoms with van der Waals surface area (Å²) in [5, 5.41) is 0. The molecule has 5 heteroatoms. The lowest BCUT2D eigenvalue weighted by atomic mass is 10.1. The van der Waals surface area contributed by atoms with E-state index in [2.05, 4.69) is 28.6 Å². The third kappa shape index (κ3) is 7.32. The molecule has 1 amide bonds. The van der Waals surface area contributed by atoms with Crippen molar-refractivity contribution in [3.05, 3.63) is 29.8 Å². The highest BCUT2D eigenvalue weighted by Gasteiger charge is 2.10. The SMILES string of the molecule is CC(=O)NOC(C)CCCOc1cccc(CN2CCCCC2)c1. The summed E-state index contributed by atoms with van der Waals surface area (Å²) < 4.78 is 5.85. The molecule has 5 nitrogen and oxygen atoms in total. The molecule has 1 atom stereocenters. The summed E-state index contributed by atoms with van der Waals surface area (Å²) in [6.07, 6.45) is 5.71. The van der Waals surface area contributed by atoms with E-state index in [4.69, 9.17) is 9.57 Å². The topological polar surface area (TPSA) is 50.8 Å². The zero-order valence-corrected chi connectivity index (χ0v) is 14.9. The van der Waals surface area contributed by atoms with Gasteiger partial charge in [0.2, 0.25) is 5.91 Å². The van der Waals surface area contributed by atoms with Crippen LogP contribution in [-0.4, -0.2) is 36.6 Å². The molecule has 24 heavy (non-hydrogen) atoms. The van der Waals surface area contributed by atoms with E-state index in [0.717, 1.165) is 25.1 Å². The Morgan fingerprint density at radius 1 is 1.29 bits per heavy atom. The van der Waals surface area contributed by atoms with E-state index in [1.807, 2.05) is 13.0 Å². The van der Waals surface area contributed by atoms with Crippen LogP contribution in [-0.2, 0) is 16.2 Å². The second kappa shape index (κ2) is 10.3. The lowest BCUT2D eigenvalue weighted by Gasteiger charge is -2.26. The van der Waals surface area contributed by atoms with Crippen LogP contribution in [0, 0.1) is 0 Å². The van der Waals surface area contributed by atoms with Crippen molar-refractivity contribution in [3.8, 4) is 5.75 Å². The van der Waals surface area contributed by atoms with Crippen LogP contribution in [0.1, 0.15) is 51.5 Å². The van der Waals surface area contributed by atoms with Gasteiger partial charge in [-0.3, -0.25) is 14.5 Å². The fourth-order valence-electron chi connectivity index (χ4n) is 2.91. The Morgan fingerprint density at radius 2 is 2.08 bits per heavy atom. The molecular weight excluding hydrogens is 304 g/mol. The Bertz CT molecular complexity index is 501. The van der Waals surface area contributed by atoms with Crippen molar-refractivity contribution in [2.45, 2.75) is 58.6 Å². The Morgan fingerprint density at radius 3 is 2.83 bits per heavy atom. The number of carbonyl (C=O) groups excluding carboxylic acids is 1. The van der Waals surface area contributed by atoms with Gasteiger partial charge < -0.3 is 4.74 Å². The largest absolute Gasteiger partial charge is 0.494 e. The quantitative estimate of drug-likeness (QED) is 0.556. The Labute approximate surface area is 145 Å². The van der Waals surface area contributed by atoms with Gasteiger partial charge in [-0.05, 0) is 63.4 Å². The van der Waals surface area contributed by atoms with Crippen molar-refractivity contribution in [2.75, 3.05) is 19.7 Å². The highest BCUT2D eigenvalue weighted by Crippen LogP contribution is 2.18. The second-order valence-corrected chi connectivity index (χ2v) is 6.56. The Balaban J connectivity index is 1.67. The number of hydrogen-bond donors (Lipinski definition) is 1. The number of piperidine rings is 1. The molecule has 0 spiro atoms. The van der Waals surface area contributed by atoms with E-state index < -0.39 is 0 Å². The highest BCUT2D eigenvalue weighted by atomic mass is 16.7. The van der Waals surface area contributed by atoms with Crippen LogP contribution in [0.15, 0.2) is 24.3 Å². The van der Waals surface area contributed by atoms with Crippen LogP contribution >= 0.6 is 0 Å². The van der Waals surface area contributed by atoms with Gasteiger partial charge in [-0.15, -0.1) is 0 Å². The number of hydrogen-bond acceptors (Lipinski definition) is 4. The number of rotatable bonds is 9. The minimum absolute atomic E-state index is 0.0112. The molecule has 1 heterocycles. The number of amides is 1. The lowest BCUT2D eigenvalue weighted by Crippen LogP contribution is -2.29. The molecule has 134 valence electrons. The van der Waals surface area contributed by atoms with Crippen LogP contribution in [0.3, 0.4) is 0 Å². The zero-order chi connectivity index (χ0) is 17.2. The maximum absolute atomic E-state index is 10.8. The van der Waals surface area contributed by atoms with Crippen molar-refractivity contribution in [1.29, 1.82) is 0 Å². The average molecular weight is 334 g/mol. The molecule has 1 aromatic rings. The van der Waals surface area contributed by atoms with Crippen molar-refractivity contribution in [1.82, 2.24) is 10.4 Å². The minimum atomic E-state index is -0.177. The van der Waals surface area contributed by atoms with E-state index in [0.29, 0.717) is 6.61 Å². The monoisotopic (exact) mass is 334 g/mol. The number of ether oxygens (including phenoxy) is 1. The molecule has 0 radical (unpaired) electrons. The van der Waals surface area contributed by atoms with E-state index in [1.165, 1.54) is 44.8 Å². The van der Waals surface area contributed by atoms with E-state index in [-0.39, 0.29) is 12.0 Å². The maximum Gasteiger partial charge on any atom is 0.240 e. The first-order valence-electron chi connectivity index (χ1n) is 9.00. The summed E-state index contributed by atoms with van der Waals surface area (Å²) in [7, 11) is 0. The van der Waals surface area contributed by atoms with Crippen molar-refractivity contribution in [3.63, 3.8) is 0 Å².